The molecule has 0 aromatic carbocycles. The van der Waals surface area contributed by atoms with Crippen molar-refractivity contribution >= 4 is 17.1 Å². The Morgan fingerprint density at radius 3 is 2.63 bits per heavy atom. The van der Waals surface area contributed by atoms with Gasteiger partial charge in [0.05, 0.1) is 12.1 Å². The number of hydrogen-bond acceptors (Lipinski definition) is 5. The molecule has 0 saturated heterocycles. The molecule has 0 aliphatic heterocycles. The Bertz CT molecular complexity index is 754. The van der Waals surface area contributed by atoms with E-state index in [-0.39, 0.29) is 17.9 Å². The molecule has 0 N–H and O–H groups in total. The Hall–Kier alpha value is -2.02. The van der Waals surface area contributed by atoms with Crippen molar-refractivity contribution in [3.8, 4) is 0 Å². The van der Waals surface area contributed by atoms with Gasteiger partial charge in [-0.25, -0.2) is 9.78 Å². The van der Waals surface area contributed by atoms with Crippen LogP contribution < -0.4 is 11.2 Å². The molecule has 6 nitrogen and oxygen atoms in total. The minimum atomic E-state index is -0.566. The fraction of sp³-hybridized carbons (Fsp3) is 0.333. The van der Waals surface area contributed by atoms with Crippen LogP contribution in [0.5, 0.6) is 0 Å². The molecule has 0 unspecified atom stereocenters. The van der Waals surface area contributed by atoms with Crippen LogP contribution in [0, 0.1) is 6.92 Å². The second kappa shape index (κ2) is 4.93. The van der Waals surface area contributed by atoms with E-state index < -0.39 is 11.2 Å². The van der Waals surface area contributed by atoms with Crippen molar-refractivity contribution in [2.24, 2.45) is 7.05 Å². The van der Waals surface area contributed by atoms with Gasteiger partial charge in [-0.2, -0.15) is 0 Å². The second-order valence-corrected chi connectivity index (χ2v) is 5.20. The van der Waals surface area contributed by atoms with Gasteiger partial charge in [-0.15, -0.1) is 11.3 Å². The van der Waals surface area contributed by atoms with Crippen LogP contribution in [0.3, 0.4) is 0 Å². The van der Waals surface area contributed by atoms with E-state index in [9.17, 15) is 14.4 Å². The van der Waals surface area contributed by atoms with Crippen LogP contribution in [0.1, 0.15) is 28.0 Å². The molecule has 0 aliphatic rings. The van der Waals surface area contributed by atoms with Gasteiger partial charge in [-0.3, -0.25) is 18.7 Å². The third-order valence-corrected chi connectivity index (χ3v) is 3.66. The highest BCUT2D eigenvalue weighted by atomic mass is 32.1. The first-order valence-electron chi connectivity index (χ1n) is 5.62. The number of carbonyl (C=O) groups is 1. The van der Waals surface area contributed by atoms with E-state index in [0.717, 1.165) is 15.3 Å². The van der Waals surface area contributed by atoms with Crippen LogP contribution in [0.25, 0.3) is 0 Å². The minimum Gasteiger partial charge on any atom is -0.294 e. The maximum absolute atomic E-state index is 12.0. The van der Waals surface area contributed by atoms with Gasteiger partial charge >= 0.3 is 5.69 Å². The zero-order valence-electron chi connectivity index (χ0n) is 10.8. The summed E-state index contributed by atoms with van der Waals surface area (Å²) in [4.78, 5) is 39.4. The summed E-state index contributed by atoms with van der Waals surface area (Å²) in [6.07, 6.45) is 1.31. The Balaban J connectivity index is 2.55. The SMILES string of the molecule is CC(=O)c1cn(Cc2nc(C)cs2)c(=O)n(C)c1=O. The van der Waals surface area contributed by atoms with E-state index in [1.807, 2.05) is 12.3 Å². The molecule has 2 heterocycles. The maximum atomic E-state index is 12.0. The van der Waals surface area contributed by atoms with Gasteiger partial charge in [0.25, 0.3) is 5.56 Å². The summed E-state index contributed by atoms with van der Waals surface area (Å²) in [5.74, 6) is -0.357. The van der Waals surface area contributed by atoms with Crippen molar-refractivity contribution in [2.45, 2.75) is 20.4 Å². The van der Waals surface area contributed by atoms with Crippen LogP contribution in [0.2, 0.25) is 0 Å². The van der Waals surface area contributed by atoms with E-state index in [1.54, 1.807) is 0 Å². The average molecular weight is 279 g/mol. The zero-order chi connectivity index (χ0) is 14.2. The highest BCUT2D eigenvalue weighted by Gasteiger charge is 2.13. The summed E-state index contributed by atoms with van der Waals surface area (Å²) in [6.45, 7) is 3.43. The number of aryl methyl sites for hydroxylation is 1. The number of Topliss-reactive ketones (excluding diaryl/α,β-unsaturated/α-hetero) is 1. The fourth-order valence-electron chi connectivity index (χ4n) is 1.70. The van der Waals surface area contributed by atoms with Crippen LogP contribution in [0.4, 0.5) is 0 Å². The number of ketones is 1. The predicted octanol–water partition coefficient (Wildman–Crippen LogP) is 0.563. The van der Waals surface area contributed by atoms with Crippen molar-refractivity contribution in [3.05, 3.63) is 48.7 Å². The molecule has 0 spiro atoms. The van der Waals surface area contributed by atoms with Gasteiger partial charge in [0.1, 0.15) is 5.01 Å². The van der Waals surface area contributed by atoms with E-state index in [0.29, 0.717) is 0 Å². The number of carbonyl (C=O) groups excluding carboxylic acids is 1. The Kier molecular flexibility index (Phi) is 3.48. The molecule has 2 rings (SSSR count). The lowest BCUT2D eigenvalue weighted by Gasteiger charge is -2.07. The summed E-state index contributed by atoms with van der Waals surface area (Å²) in [7, 11) is 1.36. The Morgan fingerprint density at radius 1 is 1.42 bits per heavy atom. The molecule has 0 bridgehead atoms. The van der Waals surface area contributed by atoms with Crippen molar-refractivity contribution in [2.75, 3.05) is 0 Å². The van der Waals surface area contributed by atoms with Crippen LogP contribution >= 0.6 is 11.3 Å². The topological polar surface area (TPSA) is 74.0 Å². The van der Waals surface area contributed by atoms with Gasteiger partial charge in [0, 0.05) is 24.3 Å². The molecule has 0 radical (unpaired) electrons. The third-order valence-electron chi connectivity index (χ3n) is 2.70. The first kappa shape index (κ1) is 13.4. The molecule has 19 heavy (non-hydrogen) atoms. The highest BCUT2D eigenvalue weighted by Crippen LogP contribution is 2.09. The standard InChI is InChI=1S/C12H13N3O3S/c1-7-6-19-10(13-7)5-15-4-9(8(2)16)11(17)14(3)12(15)18/h4,6H,5H2,1-3H3. The smallest absolute Gasteiger partial charge is 0.294 e. The monoisotopic (exact) mass is 279 g/mol. The first-order chi connectivity index (χ1) is 8.90. The second-order valence-electron chi connectivity index (χ2n) is 4.26. The minimum absolute atomic E-state index is 0.00961. The molecule has 7 heteroatoms. The number of rotatable bonds is 3. The number of aromatic nitrogens is 3. The molecule has 0 aliphatic carbocycles. The van der Waals surface area contributed by atoms with Crippen LogP contribution in [0.15, 0.2) is 21.2 Å². The molecule has 2 aromatic rings. The van der Waals surface area contributed by atoms with E-state index in [1.165, 1.54) is 36.1 Å². The molecule has 2 aromatic heterocycles. The van der Waals surface area contributed by atoms with Crippen molar-refractivity contribution in [1.29, 1.82) is 0 Å². The van der Waals surface area contributed by atoms with E-state index >= 15 is 0 Å². The van der Waals surface area contributed by atoms with Crippen molar-refractivity contribution in [1.82, 2.24) is 14.1 Å². The van der Waals surface area contributed by atoms with Gasteiger partial charge in [-0.05, 0) is 13.8 Å². The molecule has 100 valence electrons. The van der Waals surface area contributed by atoms with E-state index in [2.05, 4.69) is 4.98 Å². The molecular formula is C12H13N3O3S. The van der Waals surface area contributed by atoms with Gasteiger partial charge in [0.2, 0.25) is 0 Å². The number of thiazole rings is 1. The quantitative estimate of drug-likeness (QED) is 0.770. The summed E-state index contributed by atoms with van der Waals surface area (Å²) in [6, 6.07) is 0. The molecule has 0 atom stereocenters. The lowest BCUT2D eigenvalue weighted by Crippen LogP contribution is -2.40. The zero-order valence-corrected chi connectivity index (χ0v) is 11.7. The van der Waals surface area contributed by atoms with Crippen molar-refractivity contribution < 1.29 is 4.79 Å². The normalized spacial score (nSPS) is 10.7. The predicted molar refractivity (Wildman–Crippen MR) is 71.9 cm³/mol. The average Bonchev–Trinajstić information content (AvgIpc) is 2.75. The van der Waals surface area contributed by atoms with Crippen molar-refractivity contribution in [3.63, 3.8) is 0 Å². The molecule has 0 fully saturated rings. The lowest BCUT2D eigenvalue weighted by atomic mass is 10.2. The molecule has 0 amide bonds. The Labute approximate surface area is 113 Å². The number of nitrogens with zero attached hydrogens (tertiary/aromatic N) is 3. The van der Waals surface area contributed by atoms with Crippen LogP contribution in [-0.2, 0) is 13.6 Å². The molecule has 0 saturated carbocycles. The summed E-state index contributed by atoms with van der Waals surface area (Å²) < 4.78 is 2.27. The summed E-state index contributed by atoms with van der Waals surface area (Å²) >= 11 is 1.43. The Morgan fingerprint density at radius 2 is 2.11 bits per heavy atom. The van der Waals surface area contributed by atoms with Crippen LogP contribution in [-0.4, -0.2) is 19.9 Å². The largest absolute Gasteiger partial charge is 0.331 e. The lowest BCUT2D eigenvalue weighted by molar-refractivity contribution is 0.101. The van der Waals surface area contributed by atoms with Gasteiger partial charge in [-0.1, -0.05) is 0 Å². The molecular weight excluding hydrogens is 266 g/mol. The fourth-order valence-corrected chi connectivity index (χ4v) is 2.47. The maximum Gasteiger partial charge on any atom is 0.331 e. The summed E-state index contributed by atoms with van der Waals surface area (Å²) in [5, 5.41) is 2.64. The number of hydrogen-bond donors (Lipinski definition) is 0. The third kappa shape index (κ3) is 2.55. The van der Waals surface area contributed by atoms with Gasteiger partial charge in [0.15, 0.2) is 5.78 Å². The van der Waals surface area contributed by atoms with Gasteiger partial charge < -0.3 is 0 Å². The van der Waals surface area contributed by atoms with E-state index in [4.69, 9.17) is 0 Å². The summed E-state index contributed by atoms with van der Waals surface area (Å²) in [5.41, 5.74) is -0.132. The highest BCUT2D eigenvalue weighted by molar-refractivity contribution is 7.09. The first-order valence-corrected chi connectivity index (χ1v) is 6.50.